The molecule has 3 N–H and O–H groups in total. The van der Waals surface area contributed by atoms with Crippen molar-refractivity contribution in [3.05, 3.63) is 54.5 Å². The quantitative estimate of drug-likeness (QED) is 0.682. The van der Waals surface area contributed by atoms with E-state index < -0.39 is 0 Å². The molecule has 0 aliphatic carbocycles. The van der Waals surface area contributed by atoms with Crippen LogP contribution in [0, 0.1) is 6.92 Å². The SMILES string of the molecule is CC.Cc1[nH]cnc1C1CCN(c2ncncc2-c2cccc(N)c2)CC1. The van der Waals surface area contributed by atoms with E-state index in [9.17, 15) is 0 Å². The summed E-state index contributed by atoms with van der Waals surface area (Å²) in [4.78, 5) is 18.8. The lowest BCUT2D eigenvalue weighted by Crippen LogP contribution is -2.34. The largest absolute Gasteiger partial charge is 0.399 e. The van der Waals surface area contributed by atoms with E-state index in [4.69, 9.17) is 5.73 Å². The van der Waals surface area contributed by atoms with Crippen LogP contribution in [0.5, 0.6) is 0 Å². The Labute approximate surface area is 160 Å². The highest BCUT2D eigenvalue weighted by Gasteiger charge is 2.25. The number of piperidine rings is 1. The topological polar surface area (TPSA) is 83.7 Å². The molecule has 3 aromatic rings. The van der Waals surface area contributed by atoms with Crippen LogP contribution < -0.4 is 10.6 Å². The van der Waals surface area contributed by atoms with Crippen molar-refractivity contribution >= 4 is 11.5 Å². The molecule has 0 spiro atoms. The van der Waals surface area contributed by atoms with Gasteiger partial charge in [-0.05, 0) is 37.5 Å². The number of H-pyrrole nitrogens is 1. The monoisotopic (exact) mass is 364 g/mol. The highest BCUT2D eigenvalue weighted by atomic mass is 15.2. The lowest BCUT2D eigenvalue weighted by Gasteiger charge is -2.33. The van der Waals surface area contributed by atoms with Gasteiger partial charge >= 0.3 is 0 Å². The first-order valence-electron chi connectivity index (χ1n) is 9.63. The summed E-state index contributed by atoms with van der Waals surface area (Å²) in [6.45, 7) is 8.02. The van der Waals surface area contributed by atoms with Gasteiger partial charge in [-0.25, -0.2) is 15.0 Å². The van der Waals surface area contributed by atoms with Crippen LogP contribution in [0.1, 0.15) is 44.0 Å². The summed E-state index contributed by atoms with van der Waals surface area (Å²) >= 11 is 0. The van der Waals surface area contributed by atoms with Crippen molar-refractivity contribution in [3.63, 3.8) is 0 Å². The highest BCUT2D eigenvalue weighted by Crippen LogP contribution is 2.34. The molecule has 1 aliphatic rings. The van der Waals surface area contributed by atoms with Crippen LogP contribution in [0.15, 0.2) is 43.1 Å². The van der Waals surface area contributed by atoms with Gasteiger partial charge in [-0.15, -0.1) is 0 Å². The third kappa shape index (κ3) is 4.10. The van der Waals surface area contributed by atoms with Crippen LogP contribution >= 0.6 is 0 Å². The lowest BCUT2D eigenvalue weighted by molar-refractivity contribution is 0.493. The maximum absolute atomic E-state index is 5.95. The van der Waals surface area contributed by atoms with E-state index in [-0.39, 0.29) is 0 Å². The van der Waals surface area contributed by atoms with Crippen molar-refractivity contribution in [2.75, 3.05) is 23.7 Å². The van der Waals surface area contributed by atoms with Crippen LogP contribution in [-0.4, -0.2) is 33.0 Å². The third-order valence-corrected chi connectivity index (χ3v) is 4.94. The van der Waals surface area contributed by atoms with Crippen LogP contribution in [0.4, 0.5) is 11.5 Å². The van der Waals surface area contributed by atoms with E-state index >= 15 is 0 Å². The van der Waals surface area contributed by atoms with Gasteiger partial charge in [-0.3, -0.25) is 0 Å². The summed E-state index contributed by atoms with van der Waals surface area (Å²) in [6, 6.07) is 7.89. The zero-order valence-electron chi connectivity index (χ0n) is 16.3. The highest BCUT2D eigenvalue weighted by molar-refractivity contribution is 5.77. The molecule has 4 rings (SSSR count). The van der Waals surface area contributed by atoms with Gasteiger partial charge in [-0.2, -0.15) is 0 Å². The molecular weight excluding hydrogens is 336 g/mol. The minimum absolute atomic E-state index is 0.514. The average Bonchev–Trinajstić information content (AvgIpc) is 3.15. The number of aryl methyl sites for hydroxylation is 1. The van der Waals surface area contributed by atoms with Crippen molar-refractivity contribution in [3.8, 4) is 11.1 Å². The minimum atomic E-state index is 0.514. The van der Waals surface area contributed by atoms with Gasteiger partial charge in [0.15, 0.2) is 0 Å². The smallest absolute Gasteiger partial charge is 0.139 e. The molecule has 1 fully saturated rings. The van der Waals surface area contributed by atoms with Gasteiger partial charge in [0.25, 0.3) is 0 Å². The van der Waals surface area contributed by atoms with Crippen molar-refractivity contribution in [2.24, 2.45) is 0 Å². The maximum Gasteiger partial charge on any atom is 0.139 e. The number of nitrogens with one attached hydrogen (secondary N) is 1. The predicted molar refractivity (Wildman–Crippen MR) is 111 cm³/mol. The first kappa shape index (κ1) is 18.9. The number of rotatable bonds is 3. The van der Waals surface area contributed by atoms with Crippen molar-refractivity contribution in [1.82, 2.24) is 19.9 Å². The van der Waals surface area contributed by atoms with E-state index in [0.29, 0.717) is 5.92 Å². The Hall–Kier alpha value is -2.89. The van der Waals surface area contributed by atoms with Crippen LogP contribution in [-0.2, 0) is 0 Å². The van der Waals surface area contributed by atoms with Crippen LogP contribution in [0.25, 0.3) is 11.1 Å². The molecule has 0 unspecified atom stereocenters. The number of hydrogen-bond acceptors (Lipinski definition) is 5. The molecule has 6 heteroatoms. The minimum Gasteiger partial charge on any atom is -0.399 e. The van der Waals surface area contributed by atoms with Gasteiger partial charge in [0, 0.05) is 42.1 Å². The molecule has 0 bridgehead atoms. The van der Waals surface area contributed by atoms with Gasteiger partial charge in [0.05, 0.1) is 12.0 Å². The van der Waals surface area contributed by atoms with E-state index in [1.165, 1.54) is 11.4 Å². The predicted octanol–water partition coefficient (Wildman–Crippen LogP) is 4.17. The molecule has 1 aromatic carbocycles. The molecule has 142 valence electrons. The van der Waals surface area contributed by atoms with Gasteiger partial charge in [0.2, 0.25) is 0 Å². The molecule has 1 saturated heterocycles. The van der Waals surface area contributed by atoms with E-state index in [0.717, 1.165) is 48.6 Å². The summed E-state index contributed by atoms with van der Waals surface area (Å²) in [5.74, 6) is 1.50. The fraction of sp³-hybridized carbons (Fsp3) is 0.381. The molecule has 3 heterocycles. The Bertz CT molecular complexity index is 864. The number of nitrogen functional groups attached to an aromatic ring is 1. The zero-order chi connectivity index (χ0) is 19.2. The molecular formula is C21H28N6. The number of nitrogens with zero attached hydrogens (tertiary/aromatic N) is 4. The normalized spacial score (nSPS) is 14.6. The van der Waals surface area contributed by atoms with E-state index in [2.05, 4.69) is 37.8 Å². The summed E-state index contributed by atoms with van der Waals surface area (Å²) < 4.78 is 0. The maximum atomic E-state index is 5.95. The third-order valence-electron chi connectivity index (χ3n) is 4.94. The fourth-order valence-electron chi connectivity index (χ4n) is 3.63. The molecule has 6 nitrogen and oxygen atoms in total. The molecule has 27 heavy (non-hydrogen) atoms. The number of benzene rings is 1. The first-order chi connectivity index (χ1) is 13.2. The Morgan fingerprint density at radius 2 is 1.93 bits per heavy atom. The Morgan fingerprint density at radius 1 is 1.15 bits per heavy atom. The van der Waals surface area contributed by atoms with Gasteiger partial charge in [-0.1, -0.05) is 26.0 Å². The lowest BCUT2D eigenvalue weighted by atomic mass is 9.92. The second-order valence-corrected chi connectivity index (χ2v) is 6.56. The molecule has 1 aliphatic heterocycles. The molecule has 0 atom stereocenters. The van der Waals surface area contributed by atoms with Crippen molar-refractivity contribution in [1.29, 1.82) is 0 Å². The van der Waals surface area contributed by atoms with Gasteiger partial charge in [0.1, 0.15) is 12.1 Å². The number of aromatic nitrogens is 4. The number of imidazole rings is 1. The number of hydrogen-bond donors (Lipinski definition) is 2. The molecule has 0 saturated carbocycles. The molecule has 0 amide bonds. The average molecular weight is 364 g/mol. The fourth-order valence-corrected chi connectivity index (χ4v) is 3.63. The van der Waals surface area contributed by atoms with Crippen molar-refractivity contribution < 1.29 is 0 Å². The standard InChI is InChI=1S/C19H22N6.C2H6/c1-13-18(23-12-22-13)14-5-7-25(8-6-14)19-17(10-21-11-24-19)15-3-2-4-16(20)9-15;1-2/h2-4,9-12,14H,5-8,20H2,1H3,(H,22,23);1-2H3. The van der Waals surface area contributed by atoms with E-state index in [1.807, 2.05) is 38.2 Å². The summed E-state index contributed by atoms with van der Waals surface area (Å²) in [5.41, 5.74) is 11.2. The number of nitrogens with two attached hydrogens (primary N) is 1. The van der Waals surface area contributed by atoms with Crippen LogP contribution in [0.3, 0.4) is 0 Å². The second-order valence-electron chi connectivity index (χ2n) is 6.56. The first-order valence-corrected chi connectivity index (χ1v) is 9.63. The second kappa shape index (κ2) is 8.66. The Balaban J connectivity index is 0.00000102. The number of aromatic amines is 1. The van der Waals surface area contributed by atoms with Gasteiger partial charge < -0.3 is 15.6 Å². The van der Waals surface area contributed by atoms with Crippen LogP contribution in [0.2, 0.25) is 0 Å². The molecule has 0 radical (unpaired) electrons. The van der Waals surface area contributed by atoms with E-state index in [1.54, 1.807) is 12.7 Å². The molecule has 2 aromatic heterocycles. The summed E-state index contributed by atoms with van der Waals surface area (Å²) in [6.07, 6.45) is 7.44. The van der Waals surface area contributed by atoms with Crippen molar-refractivity contribution in [2.45, 2.75) is 39.5 Å². The Morgan fingerprint density at radius 3 is 2.59 bits per heavy atom. The summed E-state index contributed by atoms with van der Waals surface area (Å²) in [7, 11) is 0. The number of anilines is 2. The zero-order valence-corrected chi connectivity index (χ0v) is 16.3. The Kier molecular flexibility index (Phi) is 6.06. The summed E-state index contributed by atoms with van der Waals surface area (Å²) in [5, 5.41) is 0.